The zero-order chi connectivity index (χ0) is 21.3. The van der Waals surface area contributed by atoms with Crippen molar-refractivity contribution in [2.45, 2.75) is 13.1 Å². The summed E-state index contributed by atoms with van der Waals surface area (Å²) in [4.78, 5) is 3.41. The fraction of sp³-hybridized carbons (Fsp3) is 0.211. The number of hydrogen-bond donors (Lipinski definition) is 0. The van der Waals surface area contributed by atoms with Gasteiger partial charge in [-0.15, -0.1) is 5.10 Å². The molecule has 152 valence electrons. The lowest BCUT2D eigenvalue weighted by molar-refractivity contribution is -0.140. The molecule has 1 aromatic carbocycles. The second kappa shape index (κ2) is 7.61. The van der Waals surface area contributed by atoms with E-state index in [0.29, 0.717) is 0 Å². The van der Waals surface area contributed by atoms with Crippen LogP contribution in [0.2, 0.25) is 0 Å². The molecule has 10 heteroatoms. The number of aromatic nitrogens is 3. The Bertz CT molecular complexity index is 1050. The van der Waals surface area contributed by atoms with Gasteiger partial charge in [0.15, 0.2) is 5.69 Å². The molecule has 2 heterocycles. The van der Waals surface area contributed by atoms with Gasteiger partial charge in [-0.1, -0.05) is 6.07 Å². The largest absolute Gasteiger partial charge is 0.497 e. The van der Waals surface area contributed by atoms with Crippen molar-refractivity contribution in [3.63, 3.8) is 0 Å². The van der Waals surface area contributed by atoms with E-state index < -0.39 is 34.6 Å². The monoisotopic (exact) mass is 411 g/mol. The first kappa shape index (κ1) is 20.4. The maximum atomic E-state index is 14.8. The Hall–Kier alpha value is -3.30. The number of hydrogen-bond acceptors (Lipinski definition) is 5. The number of pyridine rings is 1. The van der Waals surface area contributed by atoms with Gasteiger partial charge >= 0.3 is 6.18 Å². The van der Waals surface area contributed by atoms with E-state index >= 15 is 0 Å². The molecule has 0 radical (unpaired) electrons. The molecule has 0 fully saturated rings. The molecule has 0 aliphatic heterocycles. The van der Waals surface area contributed by atoms with Crippen molar-refractivity contribution < 1.29 is 31.4 Å². The zero-order valence-corrected chi connectivity index (χ0v) is 15.4. The number of methoxy groups -OCH3 is 2. The molecule has 0 saturated heterocycles. The molecular weight excluding hydrogens is 397 g/mol. The van der Waals surface area contributed by atoms with E-state index in [1.165, 1.54) is 27.2 Å². The quantitative estimate of drug-likeness (QED) is 0.576. The van der Waals surface area contributed by atoms with E-state index in [-0.39, 0.29) is 28.5 Å². The number of rotatable bonds is 4. The van der Waals surface area contributed by atoms with Crippen LogP contribution < -0.4 is 9.47 Å². The first-order chi connectivity index (χ1) is 13.7. The van der Waals surface area contributed by atoms with Crippen molar-refractivity contribution in [3.05, 3.63) is 53.5 Å². The van der Waals surface area contributed by atoms with Crippen LogP contribution >= 0.6 is 0 Å². The molecule has 0 atom stereocenters. The first-order valence-corrected chi connectivity index (χ1v) is 8.16. The Labute approximate surface area is 162 Å². The third-order valence-corrected chi connectivity index (χ3v) is 4.16. The molecule has 3 aromatic rings. The number of halogens is 5. The minimum absolute atomic E-state index is 0.00826. The van der Waals surface area contributed by atoms with Crippen LogP contribution in [0, 0.1) is 18.6 Å². The first-order valence-electron chi connectivity index (χ1n) is 8.16. The minimum atomic E-state index is -4.81. The Morgan fingerprint density at radius 3 is 2.10 bits per heavy atom. The van der Waals surface area contributed by atoms with Gasteiger partial charge in [0.1, 0.15) is 17.4 Å². The Morgan fingerprint density at radius 1 is 0.897 bits per heavy atom. The van der Waals surface area contributed by atoms with E-state index in [1.54, 1.807) is 0 Å². The van der Waals surface area contributed by atoms with Crippen LogP contribution in [0.1, 0.15) is 11.4 Å². The lowest BCUT2D eigenvalue weighted by Crippen LogP contribution is -2.12. The number of nitrogens with zero attached hydrogens (tertiary/aromatic N) is 3. The van der Waals surface area contributed by atoms with Gasteiger partial charge in [-0.05, 0) is 13.0 Å². The molecule has 3 rings (SSSR count). The van der Waals surface area contributed by atoms with Crippen molar-refractivity contribution in [3.8, 4) is 33.9 Å². The van der Waals surface area contributed by atoms with Gasteiger partial charge in [-0.2, -0.15) is 18.3 Å². The van der Waals surface area contributed by atoms with Crippen molar-refractivity contribution >= 4 is 0 Å². The van der Waals surface area contributed by atoms with Gasteiger partial charge in [-0.3, -0.25) is 4.98 Å². The van der Waals surface area contributed by atoms with Gasteiger partial charge in [0, 0.05) is 29.5 Å². The van der Waals surface area contributed by atoms with Crippen LogP contribution in [-0.4, -0.2) is 29.4 Å². The SMILES string of the molecule is COc1cc(F)c(-c2c(OC)nnc(C)c2-c2cccnc2C(F)(F)F)c(F)c1. The second-order valence-corrected chi connectivity index (χ2v) is 5.91. The molecule has 0 aliphatic rings. The standard InChI is InChI=1S/C19H14F5N3O2/c1-9-14(11-5-4-6-25-17(11)19(22,23)24)16(18(29-3)27-26-9)15-12(20)7-10(28-2)8-13(15)21/h4-8H,1-3H3. The maximum absolute atomic E-state index is 14.8. The summed E-state index contributed by atoms with van der Waals surface area (Å²) in [6.45, 7) is 1.37. The third-order valence-electron chi connectivity index (χ3n) is 4.16. The van der Waals surface area contributed by atoms with Crippen LogP contribution in [0.25, 0.3) is 22.3 Å². The van der Waals surface area contributed by atoms with Crippen LogP contribution in [-0.2, 0) is 6.18 Å². The molecule has 0 bridgehead atoms. The molecule has 5 nitrogen and oxygen atoms in total. The molecule has 0 amide bonds. The Balaban J connectivity index is 2.45. The van der Waals surface area contributed by atoms with Crippen molar-refractivity contribution in [2.75, 3.05) is 14.2 Å². The number of alkyl halides is 3. The molecule has 0 spiro atoms. The minimum Gasteiger partial charge on any atom is -0.497 e. The number of benzene rings is 1. The van der Waals surface area contributed by atoms with E-state index in [0.717, 1.165) is 24.4 Å². The lowest BCUT2D eigenvalue weighted by atomic mass is 9.92. The molecule has 0 N–H and O–H groups in total. The van der Waals surface area contributed by atoms with Crippen LogP contribution in [0.3, 0.4) is 0 Å². The van der Waals surface area contributed by atoms with Gasteiger partial charge in [0.2, 0.25) is 5.88 Å². The summed E-state index contributed by atoms with van der Waals surface area (Å²) in [5.74, 6) is -2.57. The van der Waals surface area contributed by atoms with Crippen LogP contribution in [0.15, 0.2) is 30.5 Å². The fourth-order valence-corrected chi connectivity index (χ4v) is 2.95. The highest BCUT2D eigenvalue weighted by molar-refractivity contribution is 5.89. The lowest BCUT2D eigenvalue weighted by Gasteiger charge is -2.19. The molecule has 29 heavy (non-hydrogen) atoms. The average molecular weight is 411 g/mol. The predicted octanol–water partition coefficient (Wildman–Crippen LogP) is 4.83. The molecule has 0 saturated carbocycles. The normalized spacial score (nSPS) is 11.4. The molecule has 2 aromatic heterocycles. The molecule has 0 unspecified atom stereocenters. The molecule has 0 aliphatic carbocycles. The highest BCUT2D eigenvalue weighted by Crippen LogP contribution is 2.45. The summed E-state index contributed by atoms with van der Waals surface area (Å²) in [6.07, 6.45) is -3.84. The summed E-state index contributed by atoms with van der Waals surface area (Å²) in [6, 6.07) is 4.24. The van der Waals surface area contributed by atoms with Crippen molar-refractivity contribution in [1.82, 2.24) is 15.2 Å². The van der Waals surface area contributed by atoms with Gasteiger partial charge in [0.25, 0.3) is 0 Å². The Kier molecular flexibility index (Phi) is 5.36. The van der Waals surface area contributed by atoms with Crippen molar-refractivity contribution in [1.29, 1.82) is 0 Å². The van der Waals surface area contributed by atoms with Gasteiger partial charge < -0.3 is 9.47 Å². The van der Waals surface area contributed by atoms with E-state index in [4.69, 9.17) is 9.47 Å². The third kappa shape index (κ3) is 3.69. The number of ether oxygens (including phenoxy) is 2. The Morgan fingerprint density at radius 2 is 1.55 bits per heavy atom. The summed E-state index contributed by atoms with van der Waals surface area (Å²) < 4.78 is 80.1. The van der Waals surface area contributed by atoms with E-state index in [2.05, 4.69) is 15.2 Å². The predicted molar refractivity (Wildman–Crippen MR) is 93.5 cm³/mol. The maximum Gasteiger partial charge on any atom is 0.433 e. The van der Waals surface area contributed by atoms with Gasteiger partial charge in [0.05, 0.1) is 31.0 Å². The summed E-state index contributed by atoms with van der Waals surface area (Å²) >= 11 is 0. The zero-order valence-electron chi connectivity index (χ0n) is 15.4. The summed E-state index contributed by atoms with van der Waals surface area (Å²) in [5, 5.41) is 7.53. The van der Waals surface area contributed by atoms with Gasteiger partial charge in [-0.25, -0.2) is 8.78 Å². The second-order valence-electron chi connectivity index (χ2n) is 5.91. The van der Waals surface area contributed by atoms with E-state index in [9.17, 15) is 22.0 Å². The van der Waals surface area contributed by atoms with Crippen molar-refractivity contribution in [2.24, 2.45) is 0 Å². The summed E-state index contributed by atoms with van der Waals surface area (Å²) in [5.41, 5.74) is -2.75. The topological polar surface area (TPSA) is 57.1 Å². The highest BCUT2D eigenvalue weighted by Gasteiger charge is 2.37. The van der Waals surface area contributed by atoms with Crippen LogP contribution in [0.5, 0.6) is 11.6 Å². The average Bonchev–Trinajstić information content (AvgIpc) is 2.67. The number of aryl methyl sites for hydroxylation is 1. The van der Waals surface area contributed by atoms with E-state index in [1.807, 2.05) is 0 Å². The fourth-order valence-electron chi connectivity index (χ4n) is 2.95. The summed E-state index contributed by atoms with van der Waals surface area (Å²) in [7, 11) is 2.39. The van der Waals surface area contributed by atoms with Crippen LogP contribution in [0.4, 0.5) is 22.0 Å². The highest BCUT2D eigenvalue weighted by atomic mass is 19.4. The molecular formula is C19H14F5N3O2. The smallest absolute Gasteiger partial charge is 0.433 e.